The van der Waals surface area contributed by atoms with E-state index in [1.54, 1.807) is 0 Å². The second-order valence-corrected chi connectivity index (χ2v) is 4.87. The normalized spacial score (nSPS) is 10.7. The van der Waals surface area contributed by atoms with Crippen molar-refractivity contribution in [3.05, 3.63) is 0 Å². The molecular formula is C14H30N4O4. The zero-order valence-corrected chi connectivity index (χ0v) is 13.4. The van der Waals surface area contributed by atoms with Gasteiger partial charge in [-0.15, -0.1) is 0 Å². The minimum absolute atomic E-state index is 0.0547. The predicted octanol–water partition coefficient (Wildman–Crippen LogP) is -2.20. The lowest BCUT2D eigenvalue weighted by Crippen LogP contribution is -2.44. The Balaban J connectivity index is 4.03. The zero-order chi connectivity index (χ0) is 16.6. The molecule has 22 heavy (non-hydrogen) atoms. The summed E-state index contributed by atoms with van der Waals surface area (Å²) in [5.41, 5.74) is 0. The summed E-state index contributed by atoms with van der Waals surface area (Å²) >= 11 is 0. The van der Waals surface area contributed by atoms with Gasteiger partial charge in [0.25, 0.3) is 0 Å². The van der Waals surface area contributed by atoms with E-state index in [9.17, 15) is 9.59 Å². The van der Waals surface area contributed by atoms with Gasteiger partial charge < -0.3 is 31.5 Å². The van der Waals surface area contributed by atoms with Crippen molar-refractivity contribution in [3.8, 4) is 0 Å². The molecule has 0 aliphatic rings. The summed E-state index contributed by atoms with van der Waals surface area (Å²) in [4.78, 5) is 24.1. The number of amides is 2. The van der Waals surface area contributed by atoms with Crippen LogP contribution in [0.2, 0.25) is 0 Å². The smallest absolute Gasteiger partial charge is 0.232 e. The van der Waals surface area contributed by atoms with Gasteiger partial charge in [0, 0.05) is 39.3 Å². The Morgan fingerprint density at radius 2 is 1.27 bits per heavy atom. The molecule has 0 atom stereocenters. The Bertz CT molecular complexity index is 277. The predicted molar refractivity (Wildman–Crippen MR) is 84.3 cm³/mol. The minimum atomic E-state index is -0.680. The molecule has 0 spiro atoms. The molecule has 0 aromatic carbocycles. The van der Waals surface area contributed by atoms with Gasteiger partial charge in [-0.25, -0.2) is 0 Å². The van der Waals surface area contributed by atoms with Gasteiger partial charge >= 0.3 is 0 Å². The Morgan fingerprint density at radius 3 is 1.64 bits per heavy atom. The lowest BCUT2D eigenvalue weighted by molar-refractivity contribution is -0.135. The summed E-state index contributed by atoms with van der Waals surface area (Å²) in [6, 6.07) is 0. The molecule has 6 N–H and O–H groups in total. The van der Waals surface area contributed by atoms with Crippen LogP contribution in [0, 0.1) is 5.92 Å². The quantitative estimate of drug-likeness (QED) is 0.160. The van der Waals surface area contributed by atoms with E-state index >= 15 is 0 Å². The van der Waals surface area contributed by atoms with Crippen LogP contribution in [0.1, 0.15) is 19.8 Å². The Labute approximate surface area is 132 Å². The van der Waals surface area contributed by atoms with Crippen molar-refractivity contribution in [2.45, 2.75) is 19.8 Å². The number of rotatable bonds is 14. The molecule has 130 valence electrons. The van der Waals surface area contributed by atoms with Crippen molar-refractivity contribution >= 4 is 11.8 Å². The van der Waals surface area contributed by atoms with E-state index in [1.807, 2.05) is 6.92 Å². The molecule has 2 amide bonds. The highest BCUT2D eigenvalue weighted by molar-refractivity contribution is 6.00. The molecule has 0 saturated heterocycles. The van der Waals surface area contributed by atoms with E-state index in [-0.39, 0.29) is 25.0 Å². The zero-order valence-electron chi connectivity index (χ0n) is 13.4. The Kier molecular flexibility index (Phi) is 13.9. The van der Waals surface area contributed by atoms with Gasteiger partial charge in [0.05, 0.1) is 13.2 Å². The first-order valence-corrected chi connectivity index (χ1v) is 7.85. The molecule has 0 heterocycles. The molecule has 0 saturated carbocycles. The van der Waals surface area contributed by atoms with E-state index < -0.39 is 5.92 Å². The molecule has 0 fully saturated rings. The summed E-state index contributed by atoms with van der Waals surface area (Å²) in [7, 11) is 0. The molecule has 8 nitrogen and oxygen atoms in total. The molecule has 8 heteroatoms. The molecule has 0 aromatic rings. The monoisotopic (exact) mass is 318 g/mol. The van der Waals surface area contributed by atoms with Crippen LogP contribution in [0.5, 0.6) is 0 Å². The SMILES string of the molecule is CCCC(C(=O)NCCNCCO)C(=O)NCCNCCO. The van der Waals surface area contributed by atoms with Crippen LogP contribution in [-0.4, -0.2) is 74.5 Å². The van der Waals surface area contributed by atoms with E-state index in [0.717, 1.165) is 6.42 Å². The van der Waals surface area contributed by atoms with Crippen LogP contribution in [-0.2, 0) is 9.59 Å². The van der Waals surface area contributed by atoms with Crippen molar-refractivity contribution in [2.75, 3.05) is 52.5 Å². The highest BCUT2D eigenvalue weighted by Crippen LogP contribution is 2.06. The van der Waals surface area contributed by atoms with Crippen LogP contribution >= 0.6 is 0 Å². The molecule has 0 bridgehead atoms. The third-order valence-electron chi connectivity index (χ3n) is 2.99. The lowest BCUT2D eigenvalue weighted by atomic mass is 10.0. The summed E-state index contributed by atoms with van der Waals surface area (Å²) in [5, 5.41) is 28.6. The fraction of sp³-hybridized carbons (Fsp3) is 0.857. The maximum Gasteiger partial charge on any atom is 0.232 e. The maximum absolute atomic E-state index is 12.0. The molecule has 0 radical (unpaired) electrons. The van der Waals surface area contributed by atoms with Gasteiger partial charge in [-0.05, 0) is 6.42 Å². The van der Waals surface area contributed by atoms with Crippen molar-refractivity contribution in [1.29, 1.82) is 0 Å². The van der Waals surface area contributed by atoms with Crippen molar-refractivity contribution < 1.29 is 19.8 Å². The van der Waals surface area contributed by atoms with Gasteiger partial charge in [0.2, 0.25) is 11.8 Å². The summed E-state index contributed by atoms with van der Waals surface area (Å²) in [6.07, 6.45) is 1.25. The fourth-order valence-electron chi connectivity index (χ4n) is 1.87. The third-order valence-corrected chi connectivity index (χ3v) is 2.99. The third kappa shape index (κ3) is 10.5. The van der Waals surface area contributed by atoms with E-state index in [4.69, 9.17) is 10.2 Å². The molecular weight excluding hydrogens is 288 g/mol. The molecule has 0 rings (SSSR count). The van der Waals surface area contributed by atoms with Crippen LogP contribution in [0.4, 0.5) is 0 Å². The number of nitrogens with one attached hydrogen (secondary N) is 4. The average molecular weight is 318 g/mol. The summed E-state index contributed by atoms with van der Waals surface area (Å²) < 4.78 is 0. The van der Waals surface area contributed by atoms with Gasteiger partial charge in [0.1, 0.15) is 5.92 Å². The van der Waals surface area contributed by atoms with Crippen molar-refractivity contribution in [3.63, 3.8) is 0 Å². The van der Waals surface area contributed by atoms with Crippen molar-refractivity contribution in [2.24, 2.45) is 5.92 Å². The number of carbonyl (C=O) groups excluding carboxylic acids is 2. The number of carbonyl (C=O) groups is 2. The summed E-state index contributed by atoms with van der Waals surface area (Å²) in [6.45, 7) is 4.95. The van der Waals surface area contributed by atoms with Crippen molar-refractivity contribution in [1.82, 2.24) is 21.3 Å². The van der Waals surface area contributed by atoms with Gasteiger partial charge in [0.15, 0.2) is 0 Å². The first kappa shape index (κ1) is 20.8. The van der Waals surface area contributed by atoms with Gasteiger partial charge in [-0.2, -0.15) is 0 Å². The number of aliphatic hydroxyl groups is 2. The van der Waals surface area contributed by atoms with Crippen LogP contribution in [0.15, 0.2) is 0 Å². The Hall–Kier alpha value is -1.22. The number of aliphatic hydroxyl groups excluding tert-OH is 2. The van der Waals surface area contributed by atoms with Crippen LogP contribution in [0.3, 0.4) is 0 Å². The number of hydrogen-bond donors (Lipinski definition) is 6. The number of hydrogen-bond acceptors (Lipinski definition) is 6. The highest BCUT2D eigenvalue weighted by atomic mass is 16.3. The van der Waals surface area contributed by atoms with Crippen LogP contribution < -0.4 is 21.3 Å². The molecule has 0 aliphatic carbocycles. The first-order chi connectivity index (χ1) is 10.7. The van der Waals surface area contributed by atoms with E-state index in [2.05, 4.69) is 21.3 Å². The second-order valence-electron chi connectivity index (χ2n) is 4.87. The molecule has 0 aromatic heterocycles. The lowest BCUT2D eigenvalue weighted by Gasteiger charge is -2.16. The second kappa shape index (κ2) is 14.7. The standard InChI is InChI=1S/C14H30N4O4/c1-2-3-12(13(21)17-6-4-15-8-10-19)14(22)18-7-5-16-9-11-20/h12,15-16,19-20H,2-11H2,1H3,(H,17,21)(H,18,22). The first-order valence-electron chi connectivity index (χ1n) is 7.85. The van der Waals surface area contributed by atoms with Gasteiger partial charge in [-0.3, -0.25) is 9.59 Å². The summed E-state index contributed by atoms with van der Waals surface area (Å²) in [5.74, 6) is -1.22. The molecule has 0 unspecified atom stereocenters. The largest absolute Gasteiger partial charge is 0.395 e. The fourth-order valence-corrected chi connectivity index (χ4v) is 1.87. The Morgan fingerprint density at radius 1 is 0.818 bits per heavy atom. The molecule has 0 aliphatic heterocycles. The van der Waals surface area contributed by atoms with Gasteiger partial charge in [-0.1, -0.05) is 13.3 Å². The van der Waals surface area contributed by atoms with Crippen LogP contribution in [0.25, 0.3) is 0 Å². The average Bonchev–Trinajstić information content (AvgIpc) is 2.51. The van der Waals surface area contributed by atoms with E-state index in [0.29, 0.717) is 45.7 Å². The maximum atomic E-state index is 12.0. The highest BCUT2D eigenvalue weighted by Gasteiger charge is 2.24. The topological polar surface area (TPSA) is 123 Å². The van der Waals surface area contributed by atoms with E-state index in [1.165, 1.54) is 0 Å². The minimum Gasteiger partial charge on any atom is -0.395 e.